The van der Waals surface area contributed by atoms with Gasteiger partial charge in [-0.1, -0.05) is 43.6 Å². The zero-order chi connectivity index (χ0) is 13.7. The average Bonchev–Trinajstić information content (AvgIpc) is 2.28. The van der Waals surface area contributed by atoms with E-state index in [1.165, 1.54) is 5.56 Å². The molecular formula is C15H24BrNO. The van der Waals surface area contributed by atoms with Gasteiger partial charge in [0.05, 0.1) is 0 Å². The smallest absolute Gasteiger partial charge is 0.123 e. The van der Waals surface area contributed by atoms with Gasteiger partial charge in [-0.3, -0.25) is 0 Å². The molecule has 1 aromatic rings. The van der Waals surface area contributed by atoms with E-state index in [1.54, 1.807) is 0 Å². The van der Waals surface area contributed by atoms with Crippen molar-refractivity contribution in [3.63, 3.8) is 0 Å². The van der Waals surface area contributed by atoms with E-state index < -0.39 is 0 Å². The van der Waals surface area contributed by atoms with Crippen LogP contribution in [0, 0.1) is 0 Å². The first-order valence-electron chi connectivity index (χ1n) is 6.59. The van der Waals surface area contributed by atoms with Crippen LogP contribution in [-0.4, -0.2) is 18.7 Å². The van der Waals surface area contributed by atoms with E-state index in [0.717, 1.165) is 16.8 Å². The Hall–Kier alpha value is -0.540. The molecule has 0 heterocycles. The van der Waals surface area contributed by atoms with E-state index in [0.29, 0.717) is 12.0 Å². The van der Waals surface area contributed by atoms with Gasteiger partial charge in [0.1, 0.15) is 11.9 Å². The summed E-state index contributed by atoms with van der Waals surface area (Å²) in [5.41, 5.74) is 1.25. The molecule has 0 aliphatic carbocycles. The third kappa shape index (κ3) is 4.99. The standard InChI is InChI=1S/C15H24BrNO/c1-10(2)14-8-13(16)6-7-15(14)18-12(5)9-17-11(3)4/h6-8,10-12,17H,9H2,1-5H3. The lowest BCUT2D eigenvalue weighted by atomic mass is 10.0. The van der Waals surface area contributed by atoms with Crippen LogP contribution >= 0.6 is 15.9 Å². The highest BCUT2D eigenvalue weighted by atomic mass is 79.9. The van der Waals surface area contributed by atoms with Crippen molar-refractivity contribution in [1.29, 1.82) is 0 Å². The summed E-state index contributed by atoms with van der Waals surface area (Å²) in [5, 5.41) is 3.39. The van der Waals surface area contributed by atoms with Crippen LogP contribution in [0.3, 0.4) is 0 Å². The number of rotatable bonds is 6. The predicted molar refractivity (Wildman–Crippen MR) is 81.5 cm³/mol. The van der Waals surface area contributed by atoms with Crippen molar-refractivity contribution in [3.8, 4) is 5.75 Å². The first kappa shape index (κ1) is 15.5. The Morgan fingerprint density at radius 2 is 1.83 bits per heavy atom. The van der Waals surface area contributed by atoms with E-state index in [9.17, 15) is 0 Å². The molecule has 0 amide bonds. The van der Waals surface area contributed by atoms with E-state index in [2.05, 4.69) is 61.9 Å². The minimum atomic E-state index is 0.172. The zero-order valence-corrected chi connectivity index (χ0v) is 13.5. The van der Waals surface area contributed by atoms with Crippen molar-refractivity contribution in [2.24, 2.45) is 0 Å². The summed E-state index contributed by atoms with van der Waals surface area (Å²) in [4.78, 5) is 0. The Labute approximate surface area is 119 Å². The second-order valence-electron chi connectivity index (χ2n) is 5.33. The number of hydrogen-bond donors (Lipinski definition) is 1. The maximum atomic E-state index is 6.03. The molecule has 18 heavy (non-hydrogen) atoms. The van der Waals surface area contributed by atoms with Gasteiger partial charge in [-0.25, -0.2) is 0 Å². The lowest BCUT2D eigenvalue weighted by molar-refractivity contribution is 0.211. The number of hydrogen-bond acceptors (Lipinski definition) is 2. The highest BCUT2D eigenvalue weighted by molar-refractivity contribution is 9.10. The van der Waals surface area contributed by atoms with Crippen LogP contribution in [0.1, 0.15) is 46.1 Å². The van der Waals surface area contributed by atoms with Gasteiger partial charge < -0.3 is 10.1 Å². The summed E-state index contributed by atoms with van der Waals surface area (Å²) < 4.78 is 7.13. The normalized spacial score (nSPS) is 13.1. The van der Waals surface area contributed by atoms with Gasteiger partial charge in [-0.15, -0.1) is 0 Å². The summed E-state index contributed by atoms with van der Waals surface area (Å²) in [7, 11) is 0. The average molecular weight is 314 g/mol. The molecule has 3 heteroatoms. The topological polar surface area (TPSA) is 21.3 Å². The molecule has 0 fully saturated rings. The van der Waals surface area contributed by atoms with Crippen molar-refractivity contribution < 1.29 is 4.74 Å². The SMILES string of the molecule is CC(C)NCC(C)Oc1ccc(Br)cc1C(C)C. The summed E-state index contributed by atoms with van der Waals surface area (Å²) in [5.74, 6) is 1.45. The first-order valence-corrected chi connectivity index (χ1v) is 7.39. The van der Waals surface area contributed by atoms with Crippen LogP contribution < -0.4 is 10.1 Å². The Balaban J connectivity index is 2.71. The zero-order valence-electron chi connectivity index (χ0n) is 12.0. The summed E-state index contributed by atoms with van der Waals surface area (Å²) in [6, 6.07) is 6.71. The number of halogens is 1. The van der Waals surface area contributed by atoms with Gasteiger partial charge in [-0.05, 0) is 36.6 Å². The van der Waals surface area contributed by atoms with Crippen molar-refractivity contribution >= 4 is 15.9 Å². The lowest BCUT2D eigenvalue weighted by Crippen LogP contribution is -2.33. The second-order valence-corrected chi connectivity index (χ2v) is 6.24. The molecule has 0 saturated heterocycles. The molecule has 0 bridgehead atoms. The molecule has 102 valence electrons. The quantitative estimate of drug-likeness (QED) is 0.843. The molecule has 2 nitrogen and oxygen atoms in total. The molecule has 1 rings (SSSR count). The molecule has 0 aliphatic heterocycles. The van der Waals surface area contributed by atoms with Crippen LogP contribution in [0.25, 0.3) is 0 Å². The monoisotopic (exact) mass is 313 g/mol. The maximum absolute atomic E-state index is 6.03. The summed E-state index contributed by atoms with van der Waals surface area (Å²) in [6.07, 6.45) is 0.172. The molecular weight excluding hydrogens is 290 g/mol. The van der Waals surface area contributed by atoms with E-state index in [4.69, 9.17) is 4.74 Å². The van der Waals surface area contributed by atoms with Crippen LogP contribution in [0.4, 0.5) is 0 Å². The van der Waals surface area contributed by atoms with Gasteiger partial charge in [-0.2, -0.15) is 0 Å². The first-order chi connectivity index (χ1) is 8.40. The minimum absolute atomic E-state index is 0.172. The van der Waals surface area contributed by atoms with Gasteiger partial charge in [0.2, 0.25) is 0 Å². The molecule has 0 radical (unpaired) electrons. The molecule has 0 spiro atoms. The maximum Gasteiger partial charge on any atom is 0.123 e. The summed E-state index contributed by atoms with van der Waals surface area (Å²) in [6.45, 7) is 11.6. The van der Waals surface area contributed by atoms with Gasteiger partial charge >= 0.3 is 0 Å². The fraction of sp³-hybridized carbons (Fsp3) is 0.600. The highest BCUT2D eigenvalue weighted by Crippen LogP contribution is 2.30. The number of nitrogens with one attached hydrogen (secondary N) is 1. The van der Waals surface area contributed by atoms with Crippen LogP contribution in [0.5, 0.6) is 5.75 Å². The number of ether oxygens (including phenoxy) is 1. The molecule has 1 aromatic carbocycles. The largest absolute Gasteiger partial charge is 0.489 e. The van der Waals surface area contributed by atoms with Gasteiger partial charge in [0.25, 0.3) is 0 Å². The molecule has 0 aliphatic rings. The fourth-order valence-electron chi connectivity index (χ4n) is 1.74. The van der Waals surface area contributed by atoms with E-state index in [1.807, 2.05) is 12.1 Å². The van der Waals surface area contributed by atoms with Gasteiger partial charge in [0.15, 0.2) is 0 Å². The Bertz CT molecular complexity index is 377. The third-order valence-corrected chi connectivity index (χ3v) is 3.23. The van der Waals surface area contributed by atoms with Crippen molar-refractivity contribution in [2.45, 2.75) is 52.7 Å². The number of benzene rings is 1. The van der Waals surface area contributed by atoms with Crippen molar-refractivity contribution in [1.82, 2.24) is 5.32 Å². The van der Waals surface area contributed by atoms with Gasteiger partial charge in [0, 0.05) is 17.1 Å². The molecule has 1 atom stereocenters. The predicted octanol–water partition coefficient (Wildman–Crippen LogP) is 4.34. The lowest BCUT2D eigenvalue weighted by Gasteiger charge is -2.20. The molecule has 0 aromatic heterocycles. The fourth-order valence-corrected chi connectivity index (χ4v) is 2.12. The van der Waals surface area contributed by atoms with Crippen molar-refractivity contribution in [3.05, 3.63) is 28.2 Å². The Morgan fingerprint density at radius 3 is 2.39 bits per heavy atom. The van der Waals surface area contributed by atoms with E-state index >= 15 is 0 Å². The summed E-state index contributed by atoms with van der Waals surface area (Å²) >= 11 is 3.51. The molecule has 1 unspecified atom stereocenters. The van der Waals surface area contributed by atoms with Crippen LogP contribution in [0.15, 0.2) is 22.7 Å². The molecule has 0 saturated carbocycles. The Morgan fingerprint density at radius 1 is 1.17 bits per heavy atom. The third-order valence-electron chi connectivity index (χ3n) is 2.74. The second kappa shape index (κ2) is 7.15. The minimum Gasteiger partial charge on any atom is -0.489 e. The Kier molecular flexibility index (Phi) is 6.16. The highest BCUT2D eigenvalue weighted by Gasteiger charge is 2.11. The van der Waals surface area contributed by atoms with E-state index in [-0.39, 0.29) is 6.10 Å². The van der Waals surface area contributed by atoms with Crippen molar-refractivity contribution in [2.75, 3.05) is 6.54 Å². The van der Waals surface area contributed by atoms with Crippen LogP contribution in [-0.2, 0) is 0 Å². The molecule has 1 N–H and O–H groups in total. The van der Waals surface area contributed by atoms with Crippen LogP contribution in [0.2, 0.25) is 0 Å².